The lowest BCUT2D eigenvalue weighted by Crippen LogP contribution is -2.33. The summed E-state index contributed by atoms with van der Waals surface area (Å²) in [6.45, 7) is 2.60. The molecule has 2 heterocycles. The molecule has 0 aliphatic heterocycles. The van der Waals surface area contributed by atoms with Crippen molar-refractivity contribution in [2.75, 3.05) is 0 Å². The Morgan fingerprint density at radius 1 is 1.19 bits per heavy atom. The van der Waals surface area contributed by atoms with Gasteiger partial charge >= 0.3 is 0 Å². The Bertz CT molecular complexity index is 1150. The molecule has 0 spiro atoms. The van der Waals surface area contributed by atoms with Crippen LogP contribution in [-0.2, 0) is 13.0 Å². The molecule has 2 aromatic heterocycles. The van der Waals surface area contributed by atoms with Crippen molar-refractivity contribution in [1.82, 2.24) is 9.55 Å². The van der Waals surface area contributed by atoms with Crippen LogP contribution < -0.4 is 16.1 Å². The molecular weight excluding hydrogens is 344 g/mol. The van der Waals surface area contributed by atoms with E-state index in [1.807, 2.05) is 31.3 Å². The zero-order valence-corrected chi connectivity index (χ0v) is 15.3. The second kappa shape index (κ2) is 6.93. The van der Waals surface area contributed by atoms with E-state index in [2.05, 4.69) is 35.4 Å². The van der Waals surface area contributed by atoms with Gasteiger partial charge in [-0.05, 0) is 42.2 Å². The standard InChI is InChI=1S/C22H19ClN2O/c1-2-25-20-11-10-16(13-18(20)19(23)14-21(25)26)17-9-6-12-24-22(17)15-7-4-3-5-8-15/h3-7,9-12,14H,2,8,13H2,1H3. The van der Waals surface area contributed by atoms with Gasteiger partial charge in [0.2, 0.25) is 0 Å². The molecule has 0 saturated carbocycles. The predicted octanol–water partition coefficient (Wildman–Crippen LogP) is 3.00. The molecule has 3 nitrogen and oxygen atoms in total. The molecule has 0 radical (unpaired) electrons. The number of aromatic nitrogens is 2. The first kappa shape index (κ1) is 16.8. The average molecular weight is 363 g/mol. The molecule has 0 aromatic carbocycles. The highest BCUT2D eigenvalue weighted by Crippen LogP contribution is 2.27. The maximum Gasteiger partial charge on any atom is 0.252 e. The molecule has 2 aliphatic carbocycles. The Morgan fingerprint density at radius 3 is 2.85 bits per heavy atom. The fourth-order valence-corrected chi connectivity index (χ4v) is 3.85. The average Bonchev–Trinajstić information content (AvgIpc) is 2.69. The van der Waals surface area contributed by atoms with Gasteiger partial charge in [-0.25, -0.2) is 0 Å². The first-order chi connectivity index (χ1) is 12.7. The molecule has 0 N–H and O–H groups in total. The van der Waals surface area contributed by atoms with Gasteiger partial charge in [-0.3, -0.25) is 9.78 Å². The SMILES string of the molecule is CCn1c2c(c(Cl)cc1=O)CC(=c1cccnc1=C1C=CC=CC1)C=C2. The predicted molar refractivity (Wildman–Crippen MR) is 107 cm³/mol. The molecule has 4 heteroatoms. The van der Waals surface area contributed by atoms with Gasteiger partial charge in [-0.1, -0.05) is 48.0 Å². The van der Waals surface area contributed by atoms with Crippen LogP contribution >= 0.6 is 11.6 Å². The molecule has 0 saturated heterocycles. The van der Waals surface area contributed by atoms with Crippen molar-refractivity contribution in [3.8, 4) is 0 Å². The lowest BCUT2D eigenvalue weighted by atomic mass is 9.94. The minimum absolute atomic E-state index is 0.0545. The normalized spacial score (nSPS) is 19.6. The Morgan fingerprint density at radius 2 is 2.08 bits per heavy atom. The number of nitrogens with zero attached hydrogens (tertiary/aromatic N) is 2. The van der Waals surface area contributed by atoms with E-state index in [0.29, 0.717) is 18.0 Å². The topological polar surface area (TPSA) is 34.9 Å². The van der Waals surface area contributed by atoms with E-state index >= 15 is 0 Å². The molecule has 130 valence electrons. The van der Waals surface area contributed by atoms with Crippen molar-refractivity contribution in [3.63, 3.8) is 0 Å². The van der Waals surface area contributed by atoms with Gasteiger partial charge in [-0.15, -0.1) is 0 Å². The van der Waals surface area contributed by atoms with E-state index in [1.165, 1.54) is 17.2 Å². The monoisotopic (exact) mass is 362 g/mol. The summed E-state index contributed by atoms with van der Waals surface area (Å²) in [5.74, 6) is 0. The van der Waals surface area contributed by atoms with E-state index in [-0.39, 0.29) is 5.56 Å². The molecule has 0 amide bonds. The minimum Gasteiger partial charge on any atom is -0.309 e. The van der Waals surface area contributed by atoms with E-state index in [0.717, 1.165) is 28.2 Å². The Kier molecular flexibility index (Phi) is 4.48. The molecule has 0 atom stereocenters. The van der Waals surface area contributed by atoms with Crippen molar-refractivity contribution in [2.24, 2.45) is 0 Å². The van der Waals surface area contributed by atoms with Crippen molar-refractivity contribution >= 4 is 28.8 Å². The second-order valence-electron chi connectivity index (χ2n) is 6.39. The fourth-order valence-electron chi connectivity index (χ4n) is 3.59. The summed E-state index contributed by atoms with van der Waals surface area (Å²) in [6, 6.07) is 5.59. The van der Waals surface area contributed by atoms with E-state index in [1.54, 1.807) is 4.57 Å². The van der Waals surface area contributed by atoms with Gasteiger partial charge in [0.15, 0.2) is 0 Å². The molecule has 0 unspecified atom stereocenters. The van der Waals surface area contributed by atoms with Gasteiger partial charge in [0.05, 0.1) is 10.4 Å². The first-order valence-electron chi connectivity index (χ1n) is 8.80. The lowest BCUT2D eigenvalue weighted by molar-refractivity contribution is 0.712. The zero-order chi connectivity index (χ0) is 18.1. The van der Waals surface area contributed by atoms with Crippen molar-refractivity contribution in [3.05, 3.63) is 92.0 Å². The van der Waals surface area contributed by atoms with Crippen molar-refractivity contribution in [1.29, 1.82) is 0 Å². The van der Waals surface area contributed by atoms with Crippen LogP contribution in [0.2, 0.25) is 5.02 Å². The van der Waals surface area contributed by atoms with Crippen LogP contribution in [0.5, 0.6) is 0 Å². The number of fused-ring (bicyclic) bond motifs is 1. The largest absolute Gasteiger partial charge is 0.309 e. The number of halogens is 1. The minimum atomic E-state index is -0.0545. The summed E-state index contributed by atoms with van der Waals surface area (Å²) in [7, 11) is 0. The molecule has 2 aromatic rings. The third-order valence-corrected chi connectivity index (χ3v) is 5.21. The molecule has 0 fully saturated rings. The smallest absolute Gasteiger partial charge is 0.252 e. The zero-order valence-electron chi connectivity index (χ0n) is 14.6. The highest BCUT2D eigenvalue weighted by atomic mass is 35.5. The van der Waals surface area contributed by atoms with Gasteiger partial charge in [0, 0.05) is 36.1 Å². The van der Waals surface area contributed by atoms with Gasteiger partial charge in [0.25, 0.3) is 5.56 Å². The summed E-state index contributed by atoms with van der Waals surface area (Å²) < 4.78 is 1.77. The third-order valence-electron chi connectivity index (χ3n) is 4.87. The van der Waals surface area contributed by atoms with Crippen molar-refractivity contribution < 1.29 is 0 Å². The van der Waals surface area contributed by atoms with Crippen LogP contribution in [0.15, 0.2) is 59.6 Å². The highest BCUT2D eigenvalue weighted by molar-refractivity contribution is 6.31. The van der Waals surface area contributed by atoms with Crippen molar-refractivity contribution in [2.45, 2.75) is 26.3 Å². The lowest BCUT2D eigenvalue weighted by Gasteiger charge is -2.19. The molecule has 26 heavy (non-hydrogen) atoms. The maximum atomic E-state index is 12.2. The van der Waals surface area contributed by atoms with Crippen LogP contribution in [0.3, 0.4) is 0 Å². The van der Waals surface area contributed by atoms with E-state index in [9.17, 15) is 4.79 Å². The number of hydrogen-bond acceptors (Lipinski definition) is 2. The Labute approximate surface area is 157 Å². The van der Waals surface area contributed by atoms with Gasteiger partial charge < -0.3 is 4.57 Å². The number of hydrogen-bond donors (Lipinski definition) is 0. The summed E-state index contributed by atoms with van der Waals surface area (Å²) in [6.07, 6.45) is 15.9. The van der Waals surface area contributed by atoms with Crippen LogP contribution in [0.1, 0.15) is 24.6 Å². The summed E-state index contributed by atoms with van der Waals surface area (Å²) in [4.78, 5) is 16.8. The molecule has 2 aliphatic rings. The number of allylic oxidation sites excluding steroid dienone is 5. The second-order valence-corrected chi connectivity index (χ2v) is 6.80. The fraction of sp³-hybridized carbons (Fsp3) is 0.182. The van der Waals surface area contributed by atoms with Crippen LogP contribution in [0.4, 0.5) is 0 Å². The van der Waals surface area contributed by atoms with E-state index < -0.39 is 0 Å². The molecule has 4 rings (SSSR count). The Balaban J connectivity index is 1.97. The quantitative estimate of drug-likeness (QED) is 0.781. The first-order valence-corrected chi connectivity index (χ1v) is 9.17. The van der Waals surface area contributed by atoms with Gasteiger partial charge in [-0.2, -0.15) is 0 Å². The number of rotatable bonds is 1. The van der Waals surface area contributed by atoms with Gasteiger partial charge in [0.1, 0.15) is 0 Å². The third kappa shape index (κ3) is 2.89. The summed E-state index contributed by atoms with van der Waals surface area (Å²) in [5.41, 5.74) is 4.23. The summed E-state index contributed by atoms with van der Waals surface area (Å²) >= 11 is 6.42. The van der Waals surface area contributed by atoms with Crippen LogP contribution in [0, 0.1) is 0 Å². The molecule has 0 bridgehead atoms. The Hall–Kier alpha value is -2.65. The van der Waals surface area contributed by atoms with Crippen LogP contribution in [0.25, 0.3) is 17.2 Å². The summed E-state index contributed by atoms with van der Waals surface area (Å²) in [5, 5.41) is 2.67. The number of pyridine rings is 2. The van der Waals surface area contributed by atoms with E-state index in [4.69, 9.17) is 11.6 Å². The highest BCUT2D eigenvalue weighted by Gasteiger charge is 2.17. The maximum absolute atomic E-state index is 12.2. The van der Waals surface area contributed by atoms with Crippen LogP contribution in [-0.4, -0.2) is 9.55 Å². The molecular formula is C22H19ClN2O.